The fourth-order valence-electron chi connectivity index (χ4n) is 3.05. The standard InChI is InChI=1S/C20H22N2O3/c23-19(17-6-2-1-3-7-17)13-18-15-25-12-11-22(18)20(24)9-8-16-5-4-10-21-14-16/h1-7,10,14,18H,8-9,11-13,15H2/t18-/m0/s1. The van der Waals surface area contributed by atoms with Crippen molar-refractivity contribution < 1.29 is 14.3 Å². The molecule has 2 heterocycles. The number of Topliss-reactive ketones (excluding diaryl/α,β-unsaturated/α-hetero) is 1. The molecule has 1 aliphatic rings. The molecule has 0 saturated carbocycles. The molecule has 1 aliphatic heterocycles. The fourth-order valence-corrected chi connectivity index (χ4v) is 3.05. The first-order valence-electron chi connectivity index (χ1n) is 8.58. The molecule has 25 heavy (non-hydrogen) atoms. The molecule has 1 aromatic heterocycles. The number of aromatic nitrogens is 1. The van der Waals surface area contributed by atoms with Gasteiger partial charge in [-0.2, -0.15) is 0 Å². The molecule has 0 aliphatic carbocycles. The number of ketones is 1. The number of hydrogen-bond acceptors (Lipinski definition) is 4. The number of benzene rings is 1. The zero-order valence-corrected chi connectivity index (χ0v) is 14.1. The van der Waals surface area contributed by atoms with E-state index in [9.17, 15) is 9.59 Å². The van der Waals surface area contributed by atoms with E-state index < -0.39 is 0 Å². The third-order valence-electron chi connectivity index (χ3n) is 4.42. The minimum Gasteiger partial charge on any atom is -0.377 e. The number of carbonyl (C=O) groups excluding carboxylic acids is 2. The van der Waals surface area contributed by atoms with E-state index in [2.05, 4.69) is 4.98 Å². The van der Waals surface area contributed by atoms with Crippen molar-refractivity contribution in [3.63, 3.8) is 0 Å². The first-order valence-corrected chi connectivity index (χ1v) is 8.58. The smallest absolute Gasteiger partial charge is 0.223 e. The Kier molecular flexibility index (Phi) is 5.90. The predicted octanol–water partition coefficient (Wildman–Crippen LogP) is 2.51. The summed E-state index contributed by atoms with van der Waals surface area (Å²) in [6.45, 7) is 1.48. The van der Waals surface area contributed by atoms with Crippen LogP contribution in [-0.2, 0) is 16.0 Å². The Labute approximate surface area is 147 Å². The number of amides is 1. The maximum absolute atomic E-state index is 12.6. The molecule has 5 nitrogen and oxygen atoms in total. The van der Waals surface area contributed by atoms with Crippen molar-refractivity contribution in [1.82, 2.24) is 9.88 Å². The monoisotopic (exact) mass is 338 g/mol. The van der Waals surface area contributed by atoms with E-state index in [0.717, 1.165) is 5.56 Å². The summed E-state index contributed by atoms with van der Waals surface area (Å²) in [6, 6.07) is 12.8. The highest BCUT2D eigenvalue weighted by Gasteiger charge is 2.29. The maximum Gasteiger partial charge on any atom is 0.223 e. The summed E-state index contributed by atoms with van der Waals surface area (Å²) in [7, 11) is 0. The van der Waals surface area contributed by atoms with Crippen LogP contribution in [0.25, 0.3) is 0 Å². The minimum absolute atomic E-state index is 0.0427. The maximum atomic E-state index is 12.6. The number of ether oxygens (including phenoxy) is 1. The largest absolute Gasteiger partial charge is 0.377 e. The van der Waals surface area contributed by atoms with Gasteiger partial charge in [0.05, 0.1) is 19.3 Å². The average Bonchev–Trinajstić information content (AvgIpc) is 2.68. The Morgan fingerprint density at radius 1 is 1.16 bits per heavy atom. The Morgan fingerprint density at radius 2 is 2.00 bits per heavy atom. The van der Waals surface area contributed by atoms with Crippen LogP contribution in [0, 0.1) is 0 Å². The zero-order chi connectivity index (χ0) is 17.5. The summed E-state index contributed by atoms with van der Waals surface area (Å²) in [5.41, 5.74) is 1.72. The van der Waals surface area contributed by atoms with Crippen LogP contribution in [0.4, 0.5) is 0 Å². The lowest BCUT2D eigenvalue weighted by Gasteiger charge is -2.35. The summed E-state index contributed by atoms with van der Waals surface area (Å²) < 4.78 is 5.51. The first-order chi connectivity index (χ1) is 12.2. The molecule has 130 valence electrons. The van der Waals surface area contributed by atoms with E-state index in [1.165, 1.54) is 0 Å². The van der Waals surface area contributed by atoms with Crippen molar-refractivity contribution in [3.8, 4) is 0 Å². The van der Waals surface area contributed by atoms with Gasteiger partial charge in [-0.1, -0.05) is 36.4 Å². The average molecular weight is 338 g/mol. The quantitative estimate of drug-likeness (QED) is 0.760. The molecule has 0 radical (unpaired) electrons. The minimum atomic E-state index is -0.192. The van der Waals surface area contributed by atoms with Gasteiger partial charge in [0.15, 0.2) is 5.78 Å². The molecule has 1 amide bonds. The number of nitrogens with zero attached hydrogens (tertiary/aromatic N) is 2. The summed E-state index contributed by atoms with van der Waals surface area (Å²) >= 11 is 0. The molecule has 1 fully saturated rings. The second kappa shape index (κ2) is 8.53. The van der Waals surface area contributed by atoms with Gasteiger partial charge in [-0.15, -0.1) is 0 Å². The van der Waals surface area contributed by atoms with Crippen LogP contribution in [-0.4, -0.2) is 47.4 Å². The van der Waals surface area contributed by atoms with Gasteiger partial charge < -0.3 is 9.64 Å². The van der Waals surface area contributed by atoms with E-state index in [-0.39, 0.29) is 17.7 Å². The molecule has 5 heteroatoms. The molecule has 1 atom stereocenters. The molecule has 2 aromatic rings. The van der Waals surface area contributed by atoms with Crippen LogP contribution in [0.2, 0.25) is 0 Å². The highest BCUT2D eigenvalue weighted by atomic mass is 16.5. The normalized spacial score (nSPS) is 17.3. The van der Waals surface area contributed by atoms with E-state index >= 15 is 0 Å². The van der Waals surface area contributed by atoms with Crippen LogP contribution < -0.4 is 0 Å². The molecule has 3 rings (SSSR count). The molecule has 0 bridgehead atoms. The first kappa shape index (κ1) is 17.3. The van der Waals surface area contributed by atoms with Gasteiger partial charge in [0.2, 0.25) is 5.91 Å². The highest BCUT2D eigenvalue weighted by molar-refractivity contribution is 5.96. The van der Waals surface area contributed by atoms with Crippen molar-refractivity contribution in [3.05, 3.63) is 66.0 Å². The van der Waals surface area contributed by atoms with Crippen LogP contribution in [0.15, 0.2) is 54.9 Å². The Bertz CT molecular complexity index is 703. The van der Waals surface area contributed by atoms with E-state index in [4.69, 9.17) is 4.74 Å². The van der Waals surface area contributed by atoms with Crippen LogP contribution in [0.1, 0.15) is 28.8 Å². The number of carbonyl (C=O) groups is 2. The summed E-state index contributed by atoms with van der Waals surface area (Å²) in [5, 5.41) is 0. The lowest BCUT2D eigenvalue weighted by atomic mass is 10.0. The summed E-state index contributed by atoms with van der Waals surface area (Å²) in [4.78, 5) is 31.0. The SMILES string of the molecule is O=C(C[C@H]1COCCN1C(=O)CCc1cccnc1)c1ccccc1. The van der Waals surface area contributed by atoms with Crippen molar-refractivity contribution in [2.45, 2.75) is 25.3 Å². The van der Waals surface area contributed by atoms with Gasteiger partial charge in [-0.3, -0.25) is 14.6 Å². The second-order valence-electron chi connectivity index (χ2n) is 6.17. The molecule has 0 spiro atoms. The van der Waals surface area contributed by atoms with Gasteiger partial charge in [0.1, 0.15) is 0 Å². The summed E-state index contributed by atoms with van der Waals surface area (Å²) in [6.07, 6.45) is 4.87. The Morgan fingerprint density at radius 3 is 2.76 bits per heavy atom. The van der Waals surface area contributed by atoms with Gasteiger partial charge >= 0.3 is 0 Å². The van der Waals surface area contributed by atoms with Gasteiger partial charge in [-0.25, -0.2) is 0 Å². The van der Waals surface area contributed by atoms with Gasteiger partial charge in [-0.05, 0) is 18.1 Å². The van der Waals surface area contributed by atoms with Crippen molar-refractivity contribution in [2.75, 3.05) is 19.8 Å². The number of rotatable bonds is 6. The van der Waals surface area contributed by atoms with Crippen LogP contribution in [0.5, 0.6) is 0 Å². The molecule has 1 saturated heterocycles. The molecule has 0 unspecified atom stereocenters. The number of morpholine rings is 1. The predicted molar refractivity (Wildman–Crippen MR) is 94.3 cm³/mol. The number of pyridine rings is 1. The van der Waals surface area contributed by atoms with Crippen LogP contribution in [0.3, 0.4) is 0 Å². The highest BCUT2D eigenvalue weighted by Crippen LogP contribution is 2.16. The van der Waals surface area contributed by atoms with Crippen LogP contribution >= 0.6 is 0 Å². The van der Waals surface area contributed by atoms with E-state index in [1.807, 2.05) is 30.3 Å². The van der Waals surface area contributed by atoms with Gasteiger partial charge in [0, 0.05) is 37.3 Å². The van der Waals surface area contributed by atoms with Crippen molar-refractivity contribution >= 4 is 11.7 Å². The lowest BCUT2D eigenvalue weighted by molar-refractivity contribution is -0.139. The van der Waals surface area contributed by atoms with Crippen molar-refractivity contribution in [2.24, 2.45) is 0 Å². The number of aryl methyl sites for hydroxylation is 1. The van der Waals surface area contributed by atoms with E-state index in [1.54, 1.807) is 29.4 Å². The third-order valence-corrected chi connectivity index (χ3v) is 4.42. The molecular weight excluding hydrogens is 316 g/mol. The van der Waals surface area contributed by atoms with E-state index in [0.29, 0.717) is 44.6 Å². The topological polar surface area (TPSA) is 59.5 Å². The number of hydrogen-bond donors (Lipinski definition) is 0. The molecule has 0 N–H and O–H groups in total. The van der Waals surface area contributed by atoms with Gasteiger partial charge in [0.25, 0.3) is 0 Å². The molecular formula is C20H22N2O3. The zero-order valence-electron chi connectivity index (χ0n) is 14.1. The van der Waals surface area contributed by atoms with Crippen molar-refractivity contribution in [1.29, 1.82) is 0 Å². The third kappa shape index (κ3) is 4.73. The molecule has 1 aromatic carbocycles. The Hall–Kier alpha value is -2.53. The Balaban J connectivity index is 1.60. The second-order valence-corrected chi connectivity index (χ2v) is 6.17. The fraction of sp³-hybridized carbons (Fsp3) is 0.350. The summed E-state index contributed by atoms with van der Waals surface area (Å²) in [5.74, 6) is 0.110. The lowest BCUT2D eigenvalue weighted by Crippen LogP contribution is -2.49.